The molecular weight excluding hydrogens is 338 g/mol. The van der Waals surface area contributed by atoms with Gasteiger partial charge in [0.15, 0.2) is 5.82 Å². The summed E-state index contributed by atoms with van der Waals surface area (Å²) in [5, 5.41) is 11.5. The van der Waals surface area contributed by atoms with Crippen LogP contribution in [0.1, 0.15) is 38.4 Å². The molecular formula is C20H29N7. The average molecular weight is 368 g/mol. The van der Waals surface area contributed by atoms with Gasteiger partial charge in [-0.25, -0.2) is 4.98 Å². The summed E-state index contributed by atoms with van der Waals surface area (Å²) in [6, 6.07) is 2.19. The van der Waals surface area contributed by atoms with Crippen LogP contribution < -0.4 is 10.6 Å². The molecule has 3 heterocycles. The topological polar surface area (TPSA) is 79.5 Å². The highest BCUT2D eigenvalue weighted by atomic mass is 15.3. The van der Waals surface area contributed by atoms with E-state index in [9.17, 15) is 0 Å². The number of hydrogen-bond donors (Lipinski definition) is 2. The molecule has 7 heteroatoms. The summed E-state index contributed by atoms with van der Waals surface area (Å²) in [5.41, 5.74) is 4.07. The molecule has 0 aliphatic carbocycles. The molecule has 0 aromatic carbocycles. The summed E-state index contributed by atoms with van der Waals surface area (Å²) in [7, 11) is 0. The lowest BCUT2D eigenvalue weighted by atomic mass is 10.00. The first-order chi connectivity index (χ1) is 13.0. The fraction of sp³-hybridized carbons (Fsp3) is 0.500. The van der Waals surface area contributed by atoms with Crippen LogP contribution in [0.25, 0.3) is 11.3 Å². The molecule has 1 atom stereocenters. The van der Waals surface area contributed by atoms with Crippen molar-refractivity contribution in [2.45, 2.75) is 39.7 Å². The van der Waals surface area contributed by atoms with Crippen LogP contribution >= 0.6 is 0 Å². The van der Waals surface area contributed by atoms with Gasteiger partial charge in [0.2, 0.25) is 0 Å². The zero-order valence-electron chi connectivity index (χ0n) is 16.5. The van der Waals surface area contributed by atoms with Gasteiger partial charge in [-0.15, -0.1) is 0 Å². The Morgan fingerprint density at radius 1 is 1.37 bits per heavy atom. The number of aliphatic imine (C=N–C) groups is 2. The fourth-order valence-corrected chi connectivity index (χ4v) is 3.40. The Balaban J connectivity index is 1.95. The molecule has 1 unspecified atom stereocenters. The van der Waals surface area contributed by atoms with Gasteiger partial charge in [0, 0.05) is 24.3 Å². The second-order valence-electron chi connectivity index (χ2n) is 7.34. The molecule has 2 aromatic heterocycles. The fourth-order valence-electron chi connectivity index (χ4n) is 3.40. The number of pyridine rings is 1. The highest BCUT2D eigenvalue weighted by Gasteiger charge is 2.18. The van der Waals surface area contributed by atoms with E-state index in [1.807, 2.05) is 23.9 Å². The SMILES string of the molecule is C=Nc1cc(-c2cn(C(C)C)nc2C)nc(NCC2CCCNC2)c1N=C. The molecule has 1 aliphatic heterocycles. The summed E-state index contributed by atoms with van der Waals surface area (Å²) < 4.78 is 1.95. The van der Waals surface area contributed by atoms with Crippen LogP contribution in [0.5, 0.6) is 0 Å². The van der Waals surface area contributed by atoms with E-state index in [1.54, 1.807) is 0 Å². The molecule has 3 rings (SSSR count). The zero-order valence-corrected chi connectivity index (χ0v) is 16.5. The van der Waals surface area contributed by atoms with Crippen molar-refractivity contribution in [1.82, 2.24) is 20.1 Å². The van der Waals surface area contributed by atoms with Crippen molar-refractivity contribution in [1.29, 1.82) is 0 Å². The van der Waals surface area contributed by atoms with Crippen molar-refractivity contribution in [2.24, 2.45) is 15.9 Å². The minimum Gasteiger partial charge on any atom is -0.368 e. The maximum atomic E-state index is 4.83. The molecule has 1 aliphatic rings. The lowest BCUT2D eigenvalue weighted by molar-refractivity contribution is 0.392. The third-order valence-electron chi connectivity index (χ3n) is 4.98. The maximum Gasteiger partial charge on any atom is 0.154 e. The minimum absolute atomic E-state index is 0.292. The molecule has 0 bridgehead atoms. The van der Waals surface area contributed by atoms with Crippen LogP contribution in [0.2, 0.25) is 0 Å². The number of anilines is 1. The van der Waals surface area contributed by atoms with Gasteiger partial charge >= 0.3 is 0 Å². The van der Waals surface area contributed by atoms with E-state index in [1.165, 1.54) is 12.8 Å². The molecule has 0 amide bonds. The molecule has 0 spiro atoms. The van der Waals surface area contributed by atoms with E-state index in [0.29, 0.717) is 29.2 Å². The molecule has 2 aromatic rings. The largest absolute Gasteiger partial charge is 0.368 e. The molecule has 7 nitrogen and oxygen atoms in total. The van der Waals surface area contributed by atoms with Gasteiger partial charge in [-0.3, -0.25) is 14.7 Å². The van der Waals surface area contributed by atoms with Crippen molar-refractivity contribution in [3.05, 3.63) is 18.0 Å². The Bertz CT molecular complexity index is 816. The van der Waals surface area contributed by atoms with Crippen LogP contribution in [-0.2, 0) is 0 Å². The second-order valence-corrected chi connectivity index (χ2v) is 7.34. The van der Waals surface area contributed by atoms with Crippen molar-refractivity contribution in [3.8, 4) is 11.3 Å². The Labute approximate surface area is 161 Å². The highest BCUT2D eigenvalue weighted by molar-refractivity contribution is 5.82. The predicted molar refractivity (Wildman–Crippen MR) is 113 cm³/mol. The Hall–Kier alpha value is -2.54. The van der Waals surface area contributed by atoms with E-state index < -0.39 is 0 Å². The number of nitrogens with one attached hydrogen (secondary N) is 2. The monoisotopic (exact) mass is 367 g/mol. The molecule has 0 radical (unpaired) electrons. The third-order valence-corrected chi connectivity index (χ3v) is 4.98. The Morgan fingerprint density at radius 2 is 2.19 bits per heavy atom. The number of hydrogen-bond acceptors (Lipinski definition) is 6. The summed E-state index contributed by atoms with van der Waals surface area (Å²) in [6.07, 6.45) is 4.45. The predicted octanol–water partition coefficient (Wildman–Crippen LogP) is 3.91. The van der Waals surface area contributed by atoms with Crippen LogP contribution in [-0.4, -0.2) is 47.8 Å². The number of nitrogens with zero attached hydrogens (tertiary/aromatic N) is 5. The number of piperidine rings is 1. The number of aryl methyl sites for hydroxylation is 1. The van der Waals surface area contributed by atoms with E-state index >= 15 is 0 Å². The van der Waals surface area contributed by atoms with Gasteiger partial charge in [-0.2, -0.15) is 5.10 Å². The standard InChI is InChI=1S/C20H29N7/c1-13(2)27-12-16(14(3)26-27)17-9-18(21-4)19(22-5)20(25-17)24-11-15-7-6-8-23-10-15/h9,12-13,15,23H,4-8,10-11H2,1-3H3,(H,24,25). The van der Waals surface area contributed by atoms with Gasteiger partial charge in [0.1, 0.15) is 5.69 Å². The first-order valence-electron chi connectivity index (χ1n) is 9.52. The van der Waals surface area contributed by atoms with Gasteiger partial charge in [-0.05, 0) is 72.1 Å². The van der Waals surface area contributed by atoms with Gasteiger partial charge in [0.05, 0.1) is 17.1 Å². The van der Waals surface area contributed by atoms with E-state index in [4.69, 9.17) is 4.98 Å². The zero-order chi connectivity index (χ0) is 19.4. The maximum absolute atomic E-state index is 4.83. The molecule has 144 valence electrons. The van der Waals surface area contributed by atoms with Crippen molar-refractivity contribution in [3.63, 3.8) is 0 Å². The Morgan fingerprint density at radius 3 is 2.78 bits per heavy atom. The average Bonchev–Trinajstić information content (AvgIpc) is 3.08. The summed E-state index contributed by atoms with van der Waals surface area (Å²) in [4.78, 5) is 13.1. The van der Waals surface area contributed by atoms with Gasteiger partial charge in [0.25, 0.3) is 0 Å². The normalized spacial score (nSPS) is 17.1. The molecule has 2 N–H and O–H groups in total. The summed E-state index contributed by atoms with van der Waals surface area (Å²) in [5.74, 6) is 1.28. The van der Waals surface area contributed by atoms with Crippen LogP contribution in [0.15, 0.2) is 22.2 Å². The molecule has 0 saturated carbocycles. The summed E-state index contributed by atoms with van der Waals surface area (Å²) in [6.45, 7) is 16.6. The van der Waals surface area contributed by atoms with E-state index in [-0.39, 0.29) is 0 Å². The minimum atomic E-state index is 0.292. The van der Waals surface area contributed by atoms with Gasteiger partial charge < -0.3 is 10.6 Å². The lowest BCUT2D eigenvalue weighted by Crippen LogP contribution is -2.33. The molecule has 1 fully saturated rings. The van der Waals surface area contributed by atoms with Gasteiger partial charge in [-0.1, -0.05) is 0 Å². The van der Waals surface area contributed by atoms with Crippen LogP contribution in [0.4, 0.5) is 17.2 Å². The first-order valence-corrected chi connectivity index (χ1v) is 9.52. The van der Waals surface area contributed by atoms with Crippen molar-refractivity contribution < 1.29 is 0 Å². The molecule has 1 saturated heterocycles. The van der Waals surface area contributed by atoms with Crippen molar-refractivity contribution in [2.75, 3.05) is 25.0 Å². The van der Waals surface area contributed by atoms with Crippen LogP contribution in [0.3, 0.4) is 0 Å². The smallest absolute Gasteiger partial charge is 0.154 e. The van der Waals surface area contributed by atoms with E-state index in [2.05, 4.69) is 53.0 Å². The van der Waals surface area contributed by atoms with Crippen LogP contribution in [0, 0.1) is 12.8 Å². The summed E-state index contributed by atoms with van der Waals surface area (Å²) >= 11 is 0. The lowest BCUT2D eigenvalue weighted by Gasteiger charge is -2.23. The number of rotatable bonds is 7. The molecule has 27 heavy (non-hydrogen) atoms. The second kappa shape index (κ2) is 8.43. The first kappa shape index (κ1) is 19.2. The Kier molecular flexibility index (Phi) is 6.01. The van der Waals surface area contributed by atoms with E-state index in [0.717, 1.165) is 36.6 Å². The number of aromatic nitrogens is 3. The quantitative estimate of drug-likeness (QED) is 0.727. The third kappa shape index (κ3) is 4.24. The van der Waals surface area contributed by atoms with Crippen molar-refractivity contribution >= 4 is 30.6 Å². The highest BCUT2D eigenvalue weighted by Crippen LogP contribution is 2.38.